The smallest absolute Gasteiger partial charge is 0.261 e. The Morgan fingerprint density at radius 1 is 1.00 bits per heavy atom. The number of para-hydroxylation sites is 1. The molecular weight excluding hydrogens is 360 g/mol. The number of carbonyl (C=O) groups is 1. The molecular formula is C21H26N2O3S. The van der Waals surface area contributed by atoms with E-state index in [0.29, 0.717) is 11.3 Å². The van der Waals surface area contributed by atoms with Gasteiger partial charge in [0.25, 0.3) is 15.9 Å². The number of carbonyl (C=O) groups excluding carboxylic acids is 1. The third-order valence-corrected chi connectivity index (χ3v) is 6.22. The number of hydrogen-bond acceptors (Lipinski definition) is 3. The fourth-order valence-corrected chi connectivity index (χ4v) is 4.51. The second-order valence-electron chi connectivity index (χ2n) is 7.23. The summed E-state index contributed by atoms with van der Waals surface area (Å²) in [6.45, 7) is 5.50. The van der Waals surface area contributed by atoms with Crippen LogP contribution in [0.3, 0.4) is 0 Å². The monoisotopic (exact) mass is 386 g/mol. The summed E-state index contributed by atoms with van der Waals surface area (Å²) in [5, 5.41) is 0. The van der Waals surface area contributed by atoms with Gasteiger partial charge in [-0.25, -0.2) is 8.42 Å². The highest BCUT2D eigenvalue weighted by Gasteiger charge is 2.22. The summed E-state index contributed by atoms with van der Waals surface area (Å²) in [5.41, 5.74) is 1.92. The van der Waals surface area contributed by atoms with E-state index in [1.54, 1.807) is 29.2 Å². The highest BCUT2D eigenvalue weighted by atomic mass is 32.2. The van der Waals surface area contributed by atoms with Crippen LogP contribution in [0, 0.1) is 0 Å². The normalized spacial score (nSPS) is 15.0. The van der Waals surface area contributed by atoms with Gasteiger partial charge < -0.3 is 4.90 Å². The van der Waals surface area contributed by atoms with Crippen molar-refractivity contribution >= 4 is 21.6 Å². The average Bonchev–Trinajstić information content (AvgIpc) is 2.68. The maximum atomic E-state index is 12.9. The second kappa shape index (κ2) is 8.13. The number of sulfonamides is 1. The van der Waals surface area contributed by atoms with Gasteiger partial charge in [-0.3, -0.25) is 9.52 Å². The Kier molecular flexibility index (Phi) is 5.85. The number of nitrogens with zero attached hydrogens (tertiary/aromatic N) is 1. The number of rotatable bonds is 5. The Bertz CT molecular complexity index is 917. The number of hydrogen-bond donors (Lipinski definition) is 1. The average molecular weight is 387 g/mol. The predicted molar refractivity (Wildman–Crippen MR) is 108 cm³/mol. The second-order valence-corrected chi connectivity index (χ2v) is 8.91. The van der Waals surface area contributed by atoms with Crippen molar-refractivity contribution < 1.29 is 13.2 Å². The molecule has 1 aliphatic rings. The van der Waals surface area contributed by atoms with E-state index in [9.17, 15) is 13.2 Å². The Balaban J connectivity index is 1.86. The molecule has 0 atom stereocenters. The van der Waals surface area contributed by atoms with Gasteiger partial charge in [-0.05, 0) is 55.0 Å². The summed E-state index contributed by atoms with van der Waals surface area (Å²) in [6, 6.07) is 13.7. The molecule has 0 aliphatic carbocycles. The summed E-state index contributed by atoms with van der Waals surface area (Å²) in [6.07, 6.45) is 3.13. The van der Waals surface area contributed by atoms with Crippen LogP contribution in [0.2, 0.25) is 0 Å². The van der Waals surface area contributed by atoms with Gasteiger partial charge in [0.15, 0.2) is 0 Å². The topological polar surface area (TPSA) is 66.5 Å². The number of nitrogens with one attached hydrogen (secondary N) is 1. The molecule has 2 aromatic carbocycles. The molecule has 1 fully saturated rings. The largest absolute Gasteiger partial charge is 0.339 e. The first-order chi connectivity index (χ1) is 12.9. The summed E-state index contributed by atoms with van der Waals surface area (Å²) in [4.78, 5) is 14.6. The Hall–Kier alpha value is -2.34. The van der Waals surface area contributed by atoms with E-state index in [0.717, 1.165) is 37.9 Å². The highest BCUT2D eigenvalue weighted by molar-refractivity contribution is 7.92. The van der Waals surface area contributed by atoms with Crippen molar-refractivity contribution in [2.45, 2.75) is 43.9 Å². The van der Waals surface area contributed by atoms with Crippen LogP contribution in [0.5, 0.6) is 0 Å². The minimum absolute atomic E-state index is 0.101. The number of likely N-dealkylation sites (tertiary alicyclic amines) is 1. The molecule has 2 aromatic rings. The van der Waals surface area contributed by atoms with Crippen molar-refractivity contribution in [2.75, 3.05) is 17.8 Å². The Morgan fingerprint density at radius 2 is 1.70 bits per heavy atom. The van der Waals surface area contributed by atoms with Crippen LogP contribution in [0.4, 0.5) is 5.69 Å². The molecule has 0 radical (unpaired) electrons. The van der Waals surface area contributed by atoms with Gasteiger partial charge in [0, 0.05) is 18.7 Å². The van der Waals surface area contributed by atoms with Gasteiger partial charge in [0.2, 0.25) is 0 Å². The molecule has 0 spiro atoms. The van der Waals surface area contributed by atoms with E-state index in [1.165, 1.54) is 12.1 Å². The maximum absolute atomic E-state index is 12.9. The van der Waals surface area contributed by atoms with E-state index in [2.05, 4.69) is 4.72 Å². The predicted octanol–water partition coefficient (Wildman–Crippen LogP) is 4.24. The molecule has 1 saturated heterocycles. The summed E-state index contributed by atoms with van der Waals surface area (Å²) < 4.78 is 28.5. The molecule has 0 unspecified atom stereocenters. The summed E-state index contributed by atoms with van der Waals surface area (Å²) in [7, 11) is -3.78. The van der Waals surface area contributed by atoms with Gasteiger partial charge >= 0.3 is 0 Å². The minimum Gasteiger partial charge on any atom is -0.339 e. The summed E-state index contributed by atoms with van der Waals surface area (Å²) >= 11 is 0. The number of anilines is 1. The molecule has 0 saturated carbocycles. The van der Waals surface area contributed by atoms with Gasteiger partial charge in [-0.1, -0.05) is 38.1 Å². The lowest BCUT2D eigenvalue weighted by Gasteiger charge is -2.26. The van der Waals surface area contributed by atoms with Gasteiger partial charge in [-0.15, -0.1) is 0 Å². The highest BCUT2D eigenvalue weighted by Crippen LogP contribution is 2.26. The molecule has 6 heteroatoms. The van der Waals surface area contributed by atoms with Crippen molar-refractivity contribution in [3.05, 3.63) is 59.7 Å². The van der Waals surface area contributed by atoms with Crippen LogP contribution in [0.15, 0.2) is 53.4 Å². The Morgan fingerprint density at radius 3 is 2.41 bits per heavy atom. The first-order valence-electron chi connectivity index (χ1n) is 9.39. The quantitative estimate of drug-likeness (QED) is 0.836. The van der Waals surface area contributed by atoms with Gasteiger partial charge in [0.1, 0.15) is 0 Å². The lowest BCUT2D eigenvalue weighted by Crippen LogP contribution is -2.35. The van der Waals surface area contributed by atoms with E-state index in [1.807, 2.05) is 26.0 Å². The van der Waals surface area contributed by atoms with Crippen molar-refractivity contribution in [1.29, 1.82) is 0 Å². The van der Waals surface area contributed by atoms with Crippen LogP contribution >= 0.6 is 0 Å². The van der Waals surface area contributed by atoms with E-state index in [4.69, 9.17) is 0 Å². The standard InChI is InChI=1S/C21H26N2O3S/c1-16(2)19-11-4-5-12-20(19)22-27(25,26)18-10-8-9-17(15-18)21(24)23-13-6-3-7-14-23/h4-5,8-12,15-16,22H,3,6-7,13-14H2,1-2H3. The van der Waals surface area contributed by atoms with E-state index >= 15 is 0 Å². The Labute approximate surface area is 161 Å². The SMILES string of the molecule is CC(C)c1ccccc1NS(=O)(=O)c1cccc(C(=O)N2CCCCC2)c1. The van der Waals surface area contributed by atoms with Crippen LogP contribution in [0.1, 0.15) is 54.9 Å². The minimum atomic E-state index is -3.78. The molecule has 3 rings (SSSR count). The molecule has 0 aromatic heterocycles. The molecule has 1 N–H and O–H groups in total. The number of piperidine rings is 1. The fourth-order valence-electron chi connectivity index (χ4n) is 3.37. The molecule has 1 heterocycles. The molecule has 1 aliphatic heterocycles. The van der Waals surface area contributed by atoms with Crippen LogP contribution in [-0.4, -0.2) is 32.3 Å². The summed E-state index contributed by atoms with van der Waals surface area (Å²) in [5.74, 6) is 0.0882. The van der Waals surface area contributed by atoms with E-state index in [-0.39, 0.29) is 16.7 Å². The lowest BCUT2D eigenvalue weighted by atomic mass is 10.0. The fraction of sp³-hybridized carbons (Fsp3) is 0.381. The molecule has 1 amide bonds. The molecule has 27 heavy (non-hydrogen) atoms. The first-order valence-corrected chi connectivity index (χ1v) is 10.9. The van der Waals surface area contributed by atoms with Crippen LogP contribution in [-0.2, 0) is 10.0 Å². The van der Waals surface area contributed by atoms with E-state index < -0.39 is 10.0 Å². The number of amides is 1. The van der Waals surface area contributed by atoms with Crippen molar-refractivity contribution in [3.8, 4) is 0 Å². The van der Waals surface area contributed by atoms with Crippen molar-refractivity contribution in [2.24, 2.45) is 0 Å². The van der Waals surface area contributed by atoms with Crippen LogP contribution < -0.4 is 4.72 Å². The first kappa shape index (κ1) is 19.4. The third-order valence-electron chi connectivity index (χ3n) is 4.86. The van der Waals surface area contributed by atoms with Crippen molar-refractivity contribution in [1.82, 2.24) is 4.90 Å². The number of benzene rings is 2. The van der Waals surface area contributed by atoms with Gasteiger partial charge in [0.05, 0.1) is 10.6 Å². The van der Waals surface area contributed by atoms with Gasteiger partial charge in [-0.2, -0.15) is 0 Å². The zero-order valence-corrected chi connectivity index (χ0v) is 16.6. The third kappa shape index (κ3) is 4.50. The van der Waals surface area contributed by atoms with Crippen molar-refractivity contribution in [3.63, 3.8) is 0 Å². The lowest BCUT2D eigenvalue weighted by molar-refractivity contribution is 0.0724. The zero-order valence-electron chi connectivity index (χ0n) is 15.8. The molecule has 0 bridgehead atoms. The molecule has 144 valence electrons. The zero-order chi connectivity index (χ0) is 19.4. The maximum Gasteiger partial charge on any atom is 0.261 e. The molecule has 5 nitrogen and oxygen atoms in total. The van der Waals surface area contributed by atoms with Crippen LogP contribution in [0.25, 0.3) is 0 Å².